The van der Waals surface area contributed by atoms with Crippen LogP contribution < -0.4 is 0 Å². The first-order valence-corrected chi connectivity index (χ1v) is 9.13. The maximum atomic E-state index is 12.7. The average Bonchev–Trinajstić information content (AvgIpc) is 2.54. The van der Waals surface area contributed by atoms with Crippen LogP contribution >= 0.6 is 0 Å². The molecule has 2 saturated heterocycles. The number of hydrogen-bond acceptors (Lipinski definition) is 4. The first-order chi connectivity index (χ1) is 11.2. The summed E-state index contributed by atoms with van der Waals surface area (Å²) in [5.41, 5.74) is -0.120. The second kappa shape index (κ2) is 7.83. The number of amides is 2. The molecular formula is C18H33N3O3. The Morgan fingerprint density at radius 2 is 1.71 bits per heavy atom. The minimum absolute atomic E-state index is 0.0469. The summed E-state index contributed by atoms with van der Waals surface area (Å²) >= 11 is 0. The predicted molar refractivity (Wildman–Crippen MR) is 93.5 cm³/mol. The van der Waals surface area contributed by atoms with Gasteiger partial charge >= 0.3 is 0 Å². The first kappa shape index (κ1) is 19.2. The number of nitrogens with zero attached hydrogens (tertiary/aromatic N) is 3. The quantitative estimate of drug-likeness (QED) is 0.826. The fraction of sp³-hybridized carbons (Fsp3) is 0.889. The zero-order valence-corrected chi connectivity index (χ0v) is 15.6. The van der Waals surface area contributed by atoms with E-state index in [1.165, 1.54) is 0 Å². The number of carbonyl (C=O) groups is 2. The normalized spacial score (nSPS) is 24.8. The maximum absolute atomic E-state index is 12.7. The number of piperidine rings is 1. The molecule has 0 aliphatic carbocycles. The van der Waals surface area contributed by atoms with E-state index < -0.39 is 0 Å². The molecule has 2 fully saturated rings. The average molecular weight is 339 g/mol. The molecule has 0 spiro atoms. The molecule has 6 heteroatoms. The Morgan fingerprint density at radius 3 is 2.25 bits per heavy atom. The molecular weight excluding hydrogens is 306 g/mol. The van der Waals surface area contributed by atoms with Gasteiger partial charge in [0.05, 0.1) is 12.0 Å². The number of aliphatic hydroxyl groups excluding tert-OH is 1. The van der Waals surface area contributed by atoms with Crippen molar-refractivity contribution in [1.82, 2.24) is 14.7 Å². The Kier molecular flexibility index (Phi) is 6.26. The van der Waals surface area contributed by atoms with Crippen molar-refractivity contribution in [3.8, 4) is 0 Å². The summed E-state index contributed by atoms with van der Waals surface area (Å²) in [6.45, 7) is 12.8. The van der Waals surface area contributed by atoms with E-state index in [4.69, 9.17) is 0 Å². The molecule has 2 atom stereocenters. The van der Waals surface area contributed by atoms with Crippen LogP contribution in [0.2, 0.25) is 0 Å². The highest BCUT2D eigenvalue weighted by atomic mass is 16.3. The van der Waals surface area contributed by atoms with Gasteiger partial charge in [0.2, 0.25) is 11.8 Å². The van der Waals surface area contributed by atoms with Crippen LogP contribution in [0, 0.1) is 11.3 Å². The van der Waals surface area contributed by atoms with Crippen LogP contribution in [0.25, 0.3) is 0 Å². The zero-order chi connectivity index (χ0) is 17.9. The number of aliphatic hydroxyl groups is 1. The Labute approximate surface area is 145 Å². The molecule has 2 heterocycles. The first-order valence-electron chi connectivity index (χ1n) is 9.13. The van der Waals surface area contributed by atoms with Gasteiger partial charge in [-0.1, -0.05) is 20.8 Å². The number of likely N-dealkylation sites (tertiary alicyclic amines) is 1. The van der Waals surface area contributed by atoms with E-state index in [1.54, 1.807) is 11.8 Å². The molecule has 138 valence electrons. The molecule has 0 aromatic carbocycles. The lowest BCUT2D eigenvalue weighted by atomic mass is 9.89. The number of piperazine rings is 1. The SMILES string of the molecule is CC(=O)N1CCC[C@@H](C(=O)N2CCN(C[C@@H](O)C(C)(C)C)CC2)C1. The summed E-state index contributed by atoms with van der Waals surface area (Å²) < 4.78 is 0. The van der Waals surface area contributed by atoms with Crippen LogP contribution in [-0.2, 0) is 9.59 Å². The van der Waals surface area contributed by atoms with Crippen LogP contribution in [0.3, 0.4) is 0 Å². The molecule has 1 N–H and O–H groups in total. The lowest BCUT2D eigenvalue weighted by Gasteiger charge is -2.40. The van der Waals surface area contributed by atoms with Crippen LogP contribution in [0.15, 0.2) is 0 Å². The van der Waals surface area contributed by atoms with Gasteiger partial charge in [0, 0.05) is 52.7 Å². The van der Waals surface area contributed by atoms with Crippen molar-refractivity contribution in [2.24, 2.45) is 11.3 Å². The second-order valence-electron chi connectivity index (χ2n) is 8.31. The monoisotopic (exact) mass is 339 g/mol. The van der Waals surface area contributed by atoms with Crippen molar-refractivity contribution >= 4 is 11.8 Å². The molecule has 2 aliphatic heterocycles. The fourth-order valence-corrected chi connectivity index (χ4v) is 3.39. The molecule has 24 heavy (non-hydrogen) atoms. The molecule has 0 unspecified atom stereocenters. The summed E-state index contributed by atoms with van der Waals surface area (Å²) in [6, 6.07) is 0. The summed E-state index contributed by atoms with van der Waals surface area (Å²) in [5.74, 6) is 0.208. The Balaban J connectivity index is 1.81. The van der Waals surface area contributed by atoms with E-state index in [0.29, 0.717) is 26.2 Å². The molecule has 0 aromatic heterocycles. The summed E-state index contributed by atoms with van der Waals surface area (Å²) in [5, 5.41) is 10.2. The van der Waals surface area contributed by atoms with Crippen molar-refractivity contribution in [1.29, 1.82) is 0 Å². The van der Waals surface area contributed by atoms with Crippen LogP contribution in [0.5, 0.6) is 0 Å². The summed E-state index contributed by atoms with van der Waals surface area (Å²) in [7, 11) is 0. The van der Waals surface area contributed by atoms with Gasteiger partial charge in [-0.15, -0.1) is 0 Å². The van der Waals surface area contributed by atoms with Crippen molar-refractivity contribution in [2.45, 2.75) is 46.6 Å². The highest BCUT2D eigenvalue weighted by Crippen LogP contribution is 2.22. The smallest absolute Gasteiger partial charge is 0.227 e. The van der Waals surface area contributed by atoms with Gasteiger partial charge in [0.15, 0.2) is 0 Å². The van der Waals surface area contributed by atoms with Crippen molar-refractivity contribution < 1.29 is 14.7 Å². The van der Waals surface area contributed by atoms with Crippen LogP contribution in [0.1, 0.15) is 40.5 Å². The van der Waals surface area contributed by atoms with Crippen LogP contribution in [0.4, 0.5) is 0 Å². The minimum atomic E-state index is -0.359. The maximum Gasteiger partial charge on any atom is 0.227 e. The van der Waals surface area contributed by atoms with Gasteiger partial charge in [-0.05, 0) is 18.3 Å². The molecule has 2 amide bonds. The molecule has 0 bridgehead atoms. The van der Waals surface area contributed by atoms with Gasteiger partial charge in [0.25, 0.3) is 0 Å². The third-order valence-corrected chi connectivity index (χ3v) is 5.33. The van der Waals surface area contributed by atoms with E-state index in [-0.39, 0.29) is 29.3 Å². The van der Waals surface area contributed by atoms with Crippen molar-refractivity contribution in [3.05, 3.63) is 0 Å². The number of β-amino-alcohol motifs (C(OH)–C–C–N with tert-alkyl or cyclic N) is 1. The van der Waals surface area contributed by atoms with Crippen molar-refractivity contribution in [3.63, 3.8) is 0 Å². The van der Waals surface area contributed by atoms with Crippen molar-refractivity contribution in [2.75, 3.05) is 45.8 Å². The van der Waals surface area contributed by atoms with Gasteiger partial charge in [0.1, 0.15) is 0 Å². The Bertz CT molecular complexity index is 453. The highest BCUT2D eigenvalue weighted by molar-refractivity contribution is 5.81. The molecule has 0 radical (unpaired) electrons. The van der Waals surface area contributed by atoms with Gasteiger partial charge < -0.3 is 14.9 Å². The molecule has 2 aliphatic rings. The Hall–Kier alpha value is -1.14. The largest absolute Gasteiger partial charge is 0.391 e. The third kappa shape index (κ3) is 4.93. The second-order valence-corrected chi connectivity index (χ2v) is 8.31. The van der Waals surface area contributed by atoms with E-state index in [1.807, 2.05) is 25.7 Å². The standard InChI is InChI=1S/C18H33N3O3/c1-14(22)21-7-5-6-15(12-21)17(24)20-10-8-19(9-11-20)13-16(23)18(2,3)4/h15-16,23H,5-13H2,1-4H3/t15-,16-/m1/s1. The lowest BCUT2D eigenvalue weighted by Crippen LogP contribution is -2.54. The fourth-order valence-electron chi connectivity index (χ4n) is 3.39. The lowest BCUT2D eigenvalue weighted by molar-refractivity contribution is -0.141. The number of rotatable bonds is 3. The van der Waals surface area contributed by atoms with Gasteiger partial charge in [-0.25, -0.2) is 0 Å². The van der Waals surface area contributed by atoms with E-state index >= 15 is 0 Å². The van der Waals surface area contributed by atoms with E-state index in [9.17, 15) is 14.7 Å². The third-order valence-electron chi connectivity index (χ3n) is 5.33. The van der Waals surface area contributed by atoms with E-state index in [2.05, 4.69) is 4.90 Å². The van der Waals surface area contributed by atoms with E-state index in [0.717, 1.165) is 32.5 Å². The number of hydrogen-bond donors (Lipinski definition) is 1. The number of carbonyl (C=O) groups excluding carboxylic acids is 2. The molecule has 0 aromatic rings. The topological polar surface area (TPSA) is 64.1 Å². The van der Waals surface area contributed by atoms with Gasteiger partial charge in [-0.2, -0.15) is 0 Å². The van der Waals surface area contributed by atoms with Gasteiger partial charge in [-0.3, -0.25) is 14.5 Å². The zero-order valence-electron chi connectivity index (χ0n) is 15.6. The molecule has 0 saturated carbocycles. The molecule has 6 nitrogen and oxygen atoms in total. The summed E-state index contributed by atoms with van der Waals surface area (Å²) in [6.07, 6.45) is 1.43. The van der Waals surface area contributed by atoms with Crippen LogP contribution in [-0.4, -0.2) is 83.5 Å². The minimum Gasteiger partial charge on any atom is -0.391 e. The predicted octanol–water partition coefficient (Wildman–Crippen LogP) is 0.796. The highest BCUT2D eigenvalue weighted by Gasteiger charge is 2.32. The Morgan fingerprint density at radius 1 is 1.08 bits per heavy atom. The molecule has 2 rings (SSSR count). The summed E-state index contributed by atoms with van der Waals surface area (Å²) in [4.78, 5) is 30.2.